The van der Waals surface area contributed by atoms with Gasteiger partial charge in [0.05, 0.1) is 12.8 Å². The molecule has 4 nitrogen and oxygen atoms in total. The lowest BCUT2D eigenvalue weighted by Crippen LogP contribution is -2.15. The summed E-state index contributed by atoms with van der Waals surface area (Å²) in [5.41, 5.74) is 3.18. The molecule has 21 heavy (non-hydrogen) atoms. The first-order valence-corrected chi connectivity index (χ1v) is 8.12. The van der Waals surface area contributed by atoms with Crippen LogP contribution >= 0.6 is 11.8 Å². The zero-order valence-electron chi connectivity index (χ0n) is 12.0. The van der Waals surface area contributed by atoms with Crippen molar-refractivity contribution < 1.29 is 4.74 Å². The van der Waals surface area contributed by atoms with Crippen LogP contribution in [0.4, 0.5) is 0 Å². The number of aryl methyl sites for hydroxylation is 2. The number of benzene rings is 1. The van der Waals surface area contributed by atoms with Gasteiger partial charge < -0.3 is 9.72 Å². The third-order valence-electron chi connectivity index (χ3n) is 3.71. The number of H-pyrrole nitrogens is 1. The van der Waals surface area contributed by atoms with Crippen LogP contribution in [-0.2, 0) is 19.3 Å². The highest BCUT2D eigenvalue weighted by Gasteiger charge is 2.16. The molecule has 1 aliphatic carbocycles. The summed E-state index contributed by atoms with van der Waals surface area (Å²) in [6, 6.07) is 8.07. The molecular weight excluding hydrogens is 284 g/mol. The fraction of sp³-hybridized carbons (Fsp3) is 0.375. The van der Waals surface area contributed by atoms with E-state index in [2.05, 4.69) is 22.1 Å². The second-order valence-corrected chi connectivity index (χ2v) is 6.18. The molecule has 1 aromatic heterocycles. The van der Waals surface area contributed by atoms with Crippen LogP contribution in [-0.4, -0.2) is 22.8 Å². The molecule has 0 saturated carbocycles. The molecule has 110 valence electrons. The van der Waals surface area contributed by atoms with Gasteiger partial charge in [0, 0.05) is 11.3 Å². The summed E-state index contributed by atoms with van der Waals surface area (Å²) in [4.78, 5) is 19.4. The smallest absolute Gasteiger partial charge is 0.254 e. The Morgan fingerprint density at radius 1 is 1.29 bits per heavy atom. The average molecular weight is 302 g/mol. The van der Waals surface area contributed by atoms with Gasteiger partial charge in [-0.15, -0.1) is 0 Å². The van der Waals surface area contributed by atoms with E-state index in [1.54, 1.807) is 18.9 Å². The lowest BCUT2D eigenvalue weighted by Gasteiger charge is -2.05. The first kappa shape index (κ1) is 14.2. The number of rotatable bonds is 5. The third-order valence-corrected chi connectivity index (χ3v) is 4.58. The third kappa shape index (κ3) is 3.29. The second-order valence-electron chi connectivity index (χ2n) is 5.10. The number of nitrogens with zero attached hydrogens (tertiary/aromatic N) is 1. The molecule has 2 aromatic rings. The van der Waals surface area contributed by atoms with Gasteiger partial charge in [-0.05, 0) is 43.4 Å². The Bertz CT molecular complexity index is 680. The summed E-state index contributed by atoms with van der Waals surface area (Å²) in [7, 11) is 1.67. The summed E-state index contributed by atoms with van der Waals surface area (Å²) in [6.07, 6.45) is 3.79. The van der Waals surface area contributed by atoms with Gasteiger partial charge >= 0.3 is 0 Å². The Kier molecular flexibility index (Phi) is 4.29. The van der Waals surface area contributed by atoms with E-state index in [4.69, 9.17) is 4.74 Å². The zero-order chi connectivity index (χ0) is 14.7. The predicted molar refractivity (Wildman–Crippen MR) is 84.3 cm³/mol. The van der Waals surface area contributed by atoms with Crippen LogP contribution in [0.1, 0.15) is 23.2 Å². The van der Waals surface area contributed by atoms with Crippen LogP contribution < -0.4 is 10.3 Å². The van der Waals surface area contributed by atoms with Crippen molar-refractivity contribution in [1.29, 1.82) is 0 Å². The van der Waals surface area contributed by atoms with E-state index < -0.39 is 0 Å². The predicted octanol–water partition coefficient (Wildman–Crippen LogP) is 2.60. The minimum absolute atomic E-state index is 0.0458. The van der Waals surface area contributed by atoms with E-state index in [0.717, 1.165) is 53.6 Å². The first-order valence-electron chi connectivity index (χ1n) is 7.14. The molecule has 1 aromatic carbocycles. The SMILES string of the molecule is COc1ccc(CCSc2nc3c(c(=O)[nH]2)CCC3)cc1. The van der Waals surface area contributed by atoms with Gasteiger partial charge in [-0.2, -0.15) is 0 Å². The maximum atomic E-state index is 11.9. The van der Waals surface area contributed by atoms with Crippen LogP contribution in [0.25, 0.3) is 0 Å². The van der Waals surface area contributed by atoms with Crippen molar-refractivity contribution in [3.05, 3.63) is 51.4 Å². The highest BCUT2D eigenvalue weighted by molar-refractivity contribution is 7.99. The molecule has 0 radical (unpaired) electrons. The minimum Gasteiger partial charge on any atom is -0.497 e. The number of ether oxygens (including phenoxy) is 1. The van der Waals surface area contributed by atoms with Crippen molar-refractivity contribution in [3.63, 3.8) is 0 Å². The van der Waals surface area contributed by atoms with E-state index in [1.807, 2.05) is 12.1 Å². The van der Waals surface area contributed by atoms with E-state index >= 15 is 0 Å². The number of hydrogen-bond donors (Lipinski definition) is 1. The van der Waals surface area contributed by atoms with Crippen molar-refractivity contribution in [1.82, 2.24) is 9.97 Å². The first-order chi connectivity index (χ1) is 10.3. The van der Waals surface area contributed by atoms with E-state index in [1.165, 1.54) is 5.56 Å². The lowest BCUT2D eigenvalue weighted by molar-refractivity contribution is 0.414. The highest BCUT2D eigenvalue weighted by atomic mass is 32.2. The van der Waals surface area contributed by atoms with Crippen molar-refractivity contribution >= 4 is 11.8 Å². The molecule has 1 heterocycles. The molecule has 0 fully saturated rings. The lowest BCUT2D eigenvalue weighted by atomic mass is 10.2. The molecule has 0 aliphatic heterocycles. The maximum Gasteiger partial charge on any atom is 0.254 e. The number of aromatic amines is 1. The van der Waals surface area contributed by atoms with Gasteiger partial charge in [0.2, 0.25) is 0 Å². The Hall–Kier alpha value is -1.75. The standard InChI is InChI=1S/C16H18N2O2S/c1-20-12-7-5-11(6-8-12)9-10-21-16-17-14-4-2-3-13(14)15(19)18-16/h5-8H,2-4,9-10H2,1H3,(H,17,18,19). The van der Waals surface area contributed by atoms with Gasteiger partial charge in [-0.25, -0.2) is 4.98 Å². The van der Waals surface area contributed by atoms with E-state index in [9.17, 15) is 4.79 Å². The monoisotopic (exact) mass is 302 g/mol. The van der Waals surface area contributed by atoms with Crippen LogP contribution in [0.15, 0.2) is 34.2 Å². The highest BCUT2D eigenvalue weighted by Crippen LogP contribution is 2.20. The molecule has 3 rings (SSSR count). The van der Waals surface area contributed by atoms with Crippen LogP contribution in [0.2, 0.25) is 0 Å². The Labute approximate surface area is 128 Å². The number of hydrogen-bond acceptors (Lipinski definition) is 4. The summed E-state index contributed by atoms with van der Waals surface area (Å²) in [6.45, 7) is 0. The molecule has 0 amide bonds. The molecule has 0 atom stereocenters. The molecule has 0 saturated heterocycles. The molecule has 0 spiro atoms. The van der Waals surface area contributed by atoms with E-state index in [-0.39, 0.29) is 5.56 Å². The minimum atomic E-state index is 0.0458. The van der Waals surface area contributed by atoms with Gasteiger partial charge in [0.25, 0.3) is 5.56 Å². The van der Waals surface area contributed by atoms with Crippen molar-refractivity contribution in [2.75, 3.05) is 12.9 Å². The number of nitrogens with one attached hydrogen (secondary N) is 1. The summed E-state index contributed by atoms with van der Waals surface area (Å²) in [5, 5.41) is 0.745. The summed E-state index contributed by atoms with van der Waals surface area (Å²) < 4.78 is 5.14. The maximum absolute atomic E-state index is 11.9. The Morgan fingerprint density at radius 3 is 2.86 bits per heavy atom. The fourth-order valence-corrected chi connectivity index (χ4v) is 3.42. The molecule has 0 unspecified atom stereocenters. The number of thioether (sulfide) groups is 1. The van der Waals surface area contributed by atoms with E-state index in [0.29, 0.717) is 0 Å². The van der Waals surface area contributed by atoms with Crippen molar-refractivity contribution in [2.24, 2.45) is 0 Å². The van der Waals surface area contributed by atoms with Gasteiger partial charge in [0.15, 0.2) is 5.16 Å². The van der Waals surface area contributed by atoms with Gasteiger partial charge in [0.1, 0.15) is 5.75 Å². The second kappa shape index (κ2) is 6.35. The fourth-order valence-electron chi connectivity index (χ4n) is 2.54. The number of fused-ring (bicyclic) bond motifs is 1. The van der Waals surface area contributed by atoms with Crippen molar-refractivity contribution in [3.8, 4) is 5.75 Å². The molecule has 0 bridgehead atoms. The normalized spacial score (nSPS) is 13.2. The molecule has 1 N–H and O–H groups in total. The number of methoxy groups -OCH3 is 1. The zero-order valence-corrected chi connectivity index (χ0v) is 12.8. The van der Waals surface area contributed by atoms with Crippen molar-refractivity contribution in [2.45, 2.75) is 30.8 Å². The van der Waals surface area contributed by atoms with Crippen LogP contribution in [0, 0.1) is 0 Å². The topological polar surface area (TPSA) is 55.0 Å². The van der Waals surface area contributed by atoms with Gasteiger partial charge in [-0.3, -0.25) is 4.79 Å². The average Bonchev–Trinajstić information content (AvgIpc) is 2.97. The molecule has 1 aliphatic rings. The number of aromatic nitrogens is 2. The summed E-state index contributed by atoms with van der Waals surface area (Å²) >= 11 is 1.61. The van der Waals surface area contributed by atoms with Gasteiger partial charge in [-0.1, -0.05) is 23.9 Å². The van der Waals surface area contributed by atoms with Crippen LogP contribution in [0.3, 0.4) is 0 Å². The Balaban J connectivity index is 1.60. The summed E-state index contributed by atoms with van der Waals surface area (Å²) in [5.74, 6) is 1.77. The molecular formula is C16H18N2O2S. The molecule has 5 heteroatoms. The largest absolute Gasteiger partial charge is 0.497 e. The quantitative estimate of drug-likeness (QED) is 0.681. The van der Waals surface area contributed by atoms with Crippen LogP contribution in [0.5, 0.6) is 5.75 Å². The Morgan fingerprint density at radius 2 is 2.10 bits per heavy atom.